The van der Waals surface area contributed by atoms with Crippen LogP contribution in [0.15, 0.2) is 30.3 Å². The lowest BCUT2D eigenvalue weighted by Crippen LogP contribution is -2.51. The summed E-state index contributed by atoms with van der Waals surface area (Å²) in [5.41, 5.74) is 6.07. The van der Waals surface area contributed by atoms with Crippen molar-refractivity contribution in [3.8, 4) is 0 Å². The van der Waals surface area contributed by atoms with Gasteiger partial charge in [0.2, 0.25) is 5.91 Å². The van der Waals surface area contributed by atoms with E-state index in [1.165, 1.54) is 6.42 Å². The van der Waals surface area contributed by atoms with Gasteiger partial charge in [0.15, 0.2) is 0 Å². The van der Waals surface area contributed by atoms with Crippen LogP contribution in [-0.2, 0) is 16.0 Å². The molecule has 0 aliphatic carbocycles. The van der Waals surface area contributed by atoms with Crippen molar-refractivity contribution in [1.82, 2.24) is 4.90 Å². The third kappa shape index (κ3) is 3.44. The highest BCUT2D eigenvalue weighted by Gasteiger charge is 2.46. The number of hydrogen-bond donors (Lipinski definition) is 4. The number of carbonyl (C=O) groups excluding carboxylic acids is 2. The molecule has 1 radical (unpaired) electrons. The molecule has 7 heteroatoms. The highest BCUT2D eigenvalue weighted by atomic mass is 16.3. The van der Waals surface area contributed by atoms with E-state index >= 15 is 0 Å². The monoisotopic (exact) mass is 307 g/mol. The number of nitrogens with two attached hydrogens (primary N) is 1. The van der Waals surface area contributed by atoms with Crippen molar-refractivity contribution < 1.29 is 24.9 Å². The predicted molar refractivity (Wildman–Crippen MR) is 77.2 cm³/mol. The Labute approximate surface area is 128 Å². The molecular weight excluding hydrogens is 288 g/mol. The lowest BCUT2D eigenvalue weighted by molar-refractivity contribution is -0.144. The molecule has 0 spiro atoms. The van der Waals surface area contributed by atoms with Gasteiger partial charge in [-0.2, -0.15) is 0 Å². The highest BCUT2D eigenvalue weighted by Crippen LogP contribution is 2.20. The number of primary amides is 1. The number of aliphatic hydroxyl groups is 3. The second kappa shape index (κ2) is 6.87. The van der Waals surface area contributed by atoms with Crippen molar-refractivity contribution in [2.75, 3.05) is 6.54 Å². The maximum atomic E-state index is 12.2. The summed E-state index contributed by atoms with van der Waals surface area (Å²) in [4.78, 5) is 24.4. The topological polar surface area (TPSA) is 124 Å². The summed E-state index contributed by atoms with van der Waals surface area (Å²) in [6, 6.07) is 7.91. The van der Waals surface area contributed by atoms with E-state index in [-0.39, 0.29) is 6.54 Å². The smallest absolute Gasteiger partial charge is 0.252 e. The molecule has 5 N–H and O–H groups in total. The Bertz CT molecular complexity index is 536. The molecule has 1 saturated heterocycles. The fraction of sp³-hybridized carbons (Fsp3) is 0.400. The summed E-state index contributed by atoms with van der Waals surface area (Å²) >= 11 is 0. The Morgan fingerprint density at radius 1 is 1.32 bits per heavy atom. The minimum Gasteiger partial charge on any atom is -0.388 e. The first-order valence-corrected chi connectivity index (χ1v) is 6.93. The molecule has 1 aliphatic rings. The molecule has 0 bridgehead atoms. The Hall–Kier alpha value is -1.96. The Kier molecular flexibility index (Phi) is 5.12. The number of hydrogen-bond acceptors (Lipinski definition) is 5. The van der Waals surface area contributed by atoms with Gasteiger partial charge in [-0.3, -0.25) is 9.59 Å². The van der Waals surface area contributed by atoms with Gasteiger partial charge in [-0.05, 0) is 12.0 Å². The van der Waals surface area contributed by atoms with Crippen molar-refractivity contribution in [1.29, 1.82) is 0 Å². The molecule has 22 heavy (non-hydrogen) atoms. The van der Waals surface area contributed by atoms with Gasteiger partial charge in [0.25, 0.3) is 5.91 Å². The van der Waals surface area contributed by atoms with E-state index in [4.69, 9.17) is 5.73 Å². The number of likely N-dealkylation sites (tertiary alicyclic amines) is 1. The summed E-state index contributed by atoms with van der Waals surface area (Å²) in [7, 11) is 0. The van der Waals surface area contributed by atoms with Crippen molar-refractivity contribution in [3.63, 3.8) is 0 Å². The average Bonchev–Trinajstić information content (AvgIpc) is 2.80. The quantitative estimate of drug-likeness (QED) is 0.511. The molecular formula is C15H19N2O5. The van der Waals surface area contributed by atoms with Crippen molar-refractivity contribution in [2.24, 2.45) is 5.73 Å². The van der Waals surface area contributed by atoms with Crippen LogP contribution in [-0.4, -0.2) is 62.9 Å². The molecule has 4 atom stereocenters. The standard InChI is InChI=1S/C15H19N2O5/c16-14(21)12-13(20)11(19)8-17(12)15(22)10(18)7-6-9-4-2-1-3-5-9/h1-5,7,10-13,18-20H,6,8H2,(H2,16,21)/t10-,11-,12?,13-/m1/s1. The minimum absolute atomic E-state index is 0.246. The lowest BCUT2D eigenvalue weighted by Gasteiger charge is -2.25. The molecule has 2 amide bonds. The zero-order valence-corrected chi connectivity index (χ0v) is 11.9. The normalized spacial score (nSPS) is 26.0. The van der Waals surface area contributed by atoms with E-state index in [0.717, 1.165) is 10.5 Å². The maximum Gasteiger partial charge on any atom is 0.252 e. The Balaban J connectivity index is 1.99. The summed E-state index contributed by atoms with van der Waals surface area (Å²) in [5.74, 6) is -1.69. The predicted octanol–water partition coefficient (Wildman–Crippen LogP) is -1.79. The van der Waals surface area contributed by atoms with Gasteiger partial charge in [-0.1, -0.05) is 30.3 Å². The van der Waals surface area contributed by atoms with Crippen LogP contribution in [0.2, 0.25) is 0 Å². The zero-order valence-electron chi connectivity index (χ0n) is 11.9. The van der Waals surface area contributed by atoms with Gasteiger partial charge >= 0.3 is 0 Å². The molecule has 1 unspecified atom stereocenters. The summed E-state index contributed by atoms with van der Waals surface area (Å²) in [6.07, 6.45) is -2.38. The fourth-order valence-corrected chi connectivity index (χ4v) is 2.50. The number of amides is 2. The van der Waals surface area contributed by atoms with Crippen molar-refractivity contribution in [2.45, 2.75) is 30.8 Å². The third-order valence-corrected chi connectivity index (χ3v) is 3.68. The average molecular weight is 307 g/mol. The van der Waals surface area contributed by atoms with Gasteiger partial charge in [-0.25, -0.2) is 0 Å². The third-order valence-electron chi connectivity index (χ3n) is 3.68. The number of rotatable bonds is 5. The van der Waals surface area contributed by atoms with Gasteiger partial charge in [0, 0.05) is 6.42 Å². The lowest BCUT2D eigenvalue weighted by atomic mass is 10.1. The van der Waals surface area contributed by atoms with Crippen LogP contribution >= 0.6 is 0 Å². The second-order valence-electron chi connectivity index (χ2n) is 5.27. The molecule has 0 saturated carbocycles. The molecule has 1 aliphatic heterocycles. The van der Waals surface area contributed by atoms with Crippen LogP contribution in [0, 0.1) is 6.42 Å². The molecule has 2 rings (SSSR count). The first-order valence-electron chi connectivity index (χ1n) is 6.93. The highest BCUT2D eigenvalue weighted by molar-refractivity contribution is 5.90. The molecule has 1 aromatic carbocycles. The van der Waals surface area contributed by atoms with Crippen LogP contribution in [0.25, 0.3) is 0 Å². The van der Waals surface area contributed by atoms with Crippen LogP contribution in [0.4, 0.5) is 0 Å². The van der Waals surface area contributed by atoms with Crippen LogP contribution in [0.1, 0.15) is 5.56 Å². The van der Waals surface area contributed by atoms with Crippen LogP contribution < -0.4 is 5.73 Å². The second-order valence-corrected chi connectivity index (χ2v) is 5.27. The SMILES string of the molecule is NC(=O)C1[C@H](O)[C@H](O)CN1C(=O)[C@H](O)[CH]Cc1ccccc1. The van der Waals surface area contributed by atoms with E-state index in [2.05, 4.69) is 0 Å². The molecule has 7 nitrogen and oxygen atoms in total. The molecule has 1 heterocycles. The maximum absolute atomic E-state index is 12.2. The van der Waals surface area contributed by atoms with Crippen LogP contribution in [0.5, 0.6) is 0 Å². The van der Waals surface area contributed by atoms with Gasteiger partial charge in [0.05, 0.1) is 12.6 Å². The van der Waals surface area contributed by atoms with Gasteiger partial charge in [0.1, 0.15) is 18.2 Å². The van der Waals surface area contributed by atoms with E-state index in [9.17, 15) is 24.9 Å². The fourth-order valence-electron chi connectivity index (χ4n) is 2.50. The number of nitrogens with zero attached hydrogens (tertiary/aromatic N) is 1. The minimum atomic E-state index is -1.44. The molecule has 1 aromatic rings. The molecule has 0 aromatic heterocycles. The largest absolute Gasteiger partial charge is 0.388 e. The van der Waals surface area contributed by atoms with Gasteiger partial charge in [-0.15, -0.1) is 0 Å². The number of benzene rings is 1. The van der Waals surface area contributed by atoms with E-state index < -0.39 is 36.2 Å². The van der Waals surface area contributed by atoms with E-state index in [0.29, 0.717) is 6.42 Å². The summed E-state index contributed by atoms with van der Waals surface area (Å²) in [5, 5.41) is 29.2. The number of β-amino-alcohol motifs (C(OH)–C–C–N with tert-alkyl or cyclic N) is 1. The van der Waals surface area contributed by atoms with Crippen LogP contribution in [0.3, 0.4) is 0 Å². The number of aliphatic hydroxyl groups excluding tert-OH is 3. The first kappa shape index (κ1) is 16.4. The summed E-state index contributed by atoms with van der Waals surface area (Å²) in [6.45, 7) is -0.246. The Morgan fingerprint density at radius 2 is 1.95 bits per heavy atom. The van der Waals surface area contributed by atoms with E-state index in [1.807, 2.05) is 30.3 Å². The number of carbonyl (C=O) groups is 2. The Morgan fingerprint density at radius 3 is 2.55 bits per heavy atom. The van der Waals surface area contributed by atoms with Gasteiger partial charge < -0.3 is 26.0 Å². The van der Waals surface area contributed by atoms with Crippen molar-refractivity contribution >= 4 is 11.8 Å². The summed E-state index contributed by atoms with van der Waals surface area (Å²) < 4.78 is 0. The zero-order chi connectivity index (χ0) is 16.3. The first-order chi connectivity index (χ1) is 10.4. The van der Waals surface area contributed by atoms with E-state index in [1.54, 1.807) is 0 Å². The molecule has 119 valence electrons. The molecule has 1 fully saturated rings. The van der Waals surface area contributed by atoms with Crippen molar-refractivity contribution in [3.05, 3.63) is 42.3 Å².